The van der Waals surface area contributed by atoms with Gasteiger partial charge >= 0.3 is 0 Å². The predicted octanol–water partition coefficient (Wildman–Crippen LogP) is 16.0. The topological polar surface area (TPSA) is 0 Å². The van der Waals surface area contributed by atoms with Crippen LogP contribution in [0.4, 0.5) is 0 Å². The second kappa shape index (κ2) is 11.7. The predicted molar refractivity (Wildman–Crippen MR) is 243 cm³/mol. The molecule has 56 heavy (non-hydrogen) atoms. The molecule has 1 aromatic heterocycles. The summed E-state index contributed by atoms with van der Waals surface area (Å²) in [7, 11) is 0. The number of fused-ring (bicyclic) bond motifs is 13. The maximum atomic E-state index is 2.52. The van der Waals surface area contributed by atoms with Crippen molar-refractivity contribution >= 4 is 74.6 Å². The molecule has 1 aliphatic rings. The molecule has 12 rings (SSSR count). The molecule has 1 heterocycles. The fourth-order valence-electron chi connectivity index (χ4n) is 10.2. The van der Waals surface area contributed by atoms with Crippen molar-refractivity contribution in [3.63, 3.8) is 0 Å². The summed E-state index contributed by atoms with van der Waals surface area (Å²) in [6, 6.07) is 68.0. The van der Waals surface area contributed by atoms with Gasteiger partial charge in [0.2, 0.25) is 0 Å². The van der Waals surface area contributed by atoms with Crippen LogP contribution in [0.25, 0.3) is 108 Å². The minimum atomic E-state index is -0.154. The number of benzene rings is 10. The average Bonchev–Trinajstić information content (AvgIpc) is 3.74. The molecule has 0 aliphatic heterocycles. The molecule has 0 amide bonds. The third-order valence-electron chi connectivity index (χ3n) is 12.6. The quantitative estimate of drug-likeness (QED) is 0.159. The number of rotatable bonds is 3. The lowest BCUT2D eigenvalue weighted by molar-refractivity contribution is 0.667. The monoisotopic (exact) mass is 728 g/mol. The fraction of sp³-hybridized carbons (Fsp3) is 0.0545. The highest BCUT2D eigenvalue weighted by Gasteiger charge is 2.39. The summed E-state index contributed by atoms with van der Waals surface area (Å²) in [6.45, 7) is 4.87. The molecular weight excluding hydrogens is 693 g/mol. The van der Waals surface area contributed by atoms with Crippen molar-refractivity contribution in [2.45, 2.75) is 19.3 Å². The molecule has 10 aromatic carbocycles. The van der Waals surface area contributed by atoms with E-state index in [-0.39, 0.29) is 5.41 Å². The molecule has 0 bridgehead atoms. The van der Waals surface area contributed by atoms with Gasteiger partial charge in [-0.15, -0.1) is 11.3 Å². The van der Waals surface area contributed by atoms with Crippen LogP contribution in [0.2, 0.25) is 0 Å². The van der Waals surface area contributed by atoms with E-state index in [2.05, 4.69) is 196 Å². The highest BCUT2D eigenvalue weighted by atomic mass is 32.1. The van der Waals surface area contributed by atoms with E-state index in [4.69, 9.17) is 0 Å². The van der Waals surface area contributed by atoms with Crippen molar-refractivity contribution in [2.24, 2.45) is 0 Å². The van der Waals surface area contributed by atoms with Gasteiger partial charge in [-0.2, -0.15) is 0 Å². The van der Waals surface area contributed by atoms with E-state index in [9.17, 15) is 0 Å². The molecule has 262 valence electrons. The zero-order valence-electron chi connectivity index (χ0n) is 31.2. The Kier molecular flexibility index (Phi) is 6.66. The van der Waals surface area contributed by atoms with E-state index < -0.39 is 0 Å². The van der Waals surface area contributed by atoms with Gasteiger partial charge in [0, 0.05) is 31.0 Å². The van der Waals surface area contributed by atoms with Crippen LogP contribution in [0.1, 0.15) is 25.0 Å². The Morgan fingerprint density at radius 1 is 0.375 bits per heavy atom. The van der Waals surface area contributed by atoms with Gasteiger partial charge in [0.1, 0.15) is 0 Å². The summed E-state index contributed by atoms with van der Waals surface area (Å²) >= 11 is 1.94. The lowest BCUT2D eigenvalue weighted by Gasteiger charge is -2.23. The van der Waals surface area contributed by atoms with E-state index in [1.165, 1.54) is 119 Å². The van der Waals surface area contributed by atoms with Gasteiger partial charge in [0.15, 0.2) is 0 Å². The van der Waals surface area contributed by atoms with Crippen LogP contribution in [0, 0.1) is 0 Å². The van der Waals surface area contributed by atoms with Crippen molar-refractivity contribution in [2.75, 3.05) is 0 Å². The van der Waals surface area contributed by atoms with Crippen LogP contribution >= 0.6 is 11.3 Å². The molecule has 1 heteroatoms. The van der Waals surface area contributed by atoms with E-state index in [1.54, 1.807) is 0 Å². The molecule has 0 spiro atoms. The minimum absolute atomic E-state index is 0.154. The van der Waals surface area contributed by atoms with E-state index >= 15 is 0 Å². The summed E-state index contributed by atoms with van der Waals surface area (Å²) in [6.07, 6.45) is 0. The van der Waals surface area contributed by atoms with Gasteiger partial charge in [-0.25, -0.2) is 0 Å². The van der Waals surface area contributed by atoms with Crippen molar-refractivity contribution in [3.05, 3.63) is 193 Å². The Morgan fingerprint density at radius 2 is 0.893 bits per heavy atom. The summed E-state index contributed by atoms with van der Waals surface area (Å²) in [5.74, 6) is 0. The second-order valence-corrected chi connectivity index (χ2v) is 17.0. The van der Waals surface area contributed by atoms with Gasteiger partial charge in [0.05, 0.1) is 0 Å². The lowest BCUT2D eigenvalue weighted by atomic mass is 9.79. The summed E-state index contributed by atoms with van der Waals surface area (Å²) in [5.41, 5.74) is 13.0. The molecule has 0 atom stereocenters. The Morgan fingerprint density at radius 3 is 1.59 bits per heavy atom. The second-order valence-electron chi connectivity index (χ2n) is 15.9. The van der Waals surface area contributed by atoms with Crippen LogP contribution in [0.3, 0.4) is 0 Å². The Balaban J connectivity index is 1.12. The van der Waals surface area contributed by atoms with Gasteiger partial charge in [-0.1, -0.05) is 178 Å². The first-order valence-corrected chi connectivity index (χ1v) is 20.4. The standard InChI is InChI=1S/C55H36S/c1-55(2)47-30-29-36(32-46(47)51-43-24-9-10-25-44(43)54-52(53(51)55)45-26-11-12-28-48(45)56-54)50-41-22-7-5-20-39(41)49(40-21-6-8-23-42(40)50)35-18-13-17-34(31-35)38-27-14-16-33-15-3-4-19-37(33)38/h3-32H,1-2H3. The third-order valence-corrected chi connectivity index (χ3v) is 13.8. The summed E-state index contributed by atoms with van der Waals surface area (Å²) in [5, 5.41) is 13.1. The average molecular weight is 729 g/mol. The van der Waals surface area contributed by atoms with Gasteiger partial charge in [0.25, 0.3) is 0 Å². The van der Waals surface area contributed by atoms with Crippen LogP contribution in [0.15, 0.2) is 182 Å². The smallest absolute Gasteiger partial charge is 0.0437 e. The lowest BCUT2D eigenvalue weighted by Crippen LogP contribution is -2.15. The molecule has 11 aromatic rings. The summed E-state index contributed by atoms with van der Waals surface area (Å²) < 4.78 is 2.76. The number of hydrogen-bond donors (Lipinski definition) is 0. The number of hydrogen-bond acceptors (Lipinski definition) is 1. The summed E-state index contributed by atoms with van der Waals surface area (Å²) in [4.78, 5) is 0. The van der Waals surface area contributed by atoms with E-state index in [0.717, 1.165) is 0 Å². The van der Waals surface area contributed by atoms with Crippen molar-refractivity contribution in [1.29, 1.82) is 0 Å². The van der Waals surface area contributed by atoms with Crippen LogP contribution in [0.5, 0.6) is 0 Å². The highest BCUT2D eigenvalue weighted by molar-refractivity contribution is 7.26. The molecule has 0 saturated heterocycles. The van der Waals surface area contributed by atoms with E-state index in [0.29, 0.717) is 0 Å². The molecule has 0 unspecified atom stereocenters. The largest absolute Gasteiger partial charge is 0.135 e. The van der Waals surface area contributed by atoms with Crippen molar-refractivity contribution in [3.8, 4) is 44.5 Å². The van der Waals surface area contributed by atoms with Gasteiger partial charge in [-0.3, -0.25) is 0 Å². The van der Waals surface area contributed by atoms with Crippen LogP contribution < -0.4 is 0 Å². The zero-order valence-corrected chi connectivity index (χ0v) is 32.0. The minimum Gasteiger partial charge on any atom is -0.135 e. The molecule has 0 fully saturated rings. The molecular formula is C55H36S. The maximum absolute atomic E-state index is 2.52. The first kappa shape index (κ1) is 31.8. The Labute approximate surface area is 329 Å². The van der Waals surface area contributed by atoms with Crippen LogP contribution in [-0.4, -0.2) is 0 Å². The van der Waals surface area contributed by atoms with Gasteiger partial charge < -0.3 is 0 Å². The van der Waals surface area contributed by atoms with Crippen molar-refractivity contribution in [1.82, 2.24) is 0 Å². The first-order chi connectivity index (χ1) is 27.6. The zero-order chi connectivity index (χ0) is 37.1. The molecule has 1 aliphatic carbocycles. The molecule has 0 nitrogen and oxygen atoms in total. The van der Waals surface area contributed by atoms with Gasteiger partial charge in [-0.05, 0) is 112 Å². The third kappa shape index (κ3) is 4.35. The van der Waals surface area contributed by atoms with Crippen LogP contribution in [-0.2, 0) is 5.41 Å². The maximum Gasteiger partial charge on any atom is 0.0437 e. The highest BCUT2D eigenvalue weighted by Crippen LogP contribution is 2.58. The molecule has 0 N–H and O–H groups in total. The normalized spacial score (nSPS) is 13.3. The molecule has 0 radical (unpaired) electrons. The first-order valence-electron chi connectivity index (χ1n) is 19.6. The Bertz CT molecular complexity index is 3390. The van der Waals surface area contributed by atoms with E-state index in [1.807, 2.05) is 11.3 Å². The fourth-order valence-corrected chi connectivity index (χ4v) is 11.5. The SMILES string of the molecule is CC1(C)c2ccc(-c3c4ccccc4c(-c4cccc(-c5cccc6ccccc56)c4)c4ccccc34)cc2-c2c1c1c3ccccc3sc1c1ccccc21. The number of thiophene rings is 1. The Hall–Kier alpha value is -6.54. The molecule has 0 saturated carbocycles. The van der Waals surface area contributed by atoms with Crippen molar-refractivity contribution < 1.29 is 0 Å².